The summed E-state index contributed by atoms with van der Waals surface area (Å²) in [6.07, 6.45) is 5.89. The second-order valence-electron chi connectivity index (χ2n) is 6.50. The highest BCUT2D eigenvalue weighted by Crippen LogP contribution is 2.11. The van der Waals surface area contributed by atoms with Crippen LogP contribution in [0.1, 0.15) is 11.5 Å². The highest BCUT2D eigenvalue weighted by atomic mass is 15.4. The lowest BCUT2D eigenvalue weighted by atomic mass is 10.3. The third kappa shape index (κ3) is 3.78. The van der Waals surface area contributed by atoms with Crippen LogP contribution in [-0.2, 0) is 20.1 Å². The molecule has 7 heteroatoms. The first-order valence-corrected chi connectivity index (χ1v) is 8.65. The van der Waals surface area contributed by atoms with Gasteiger partial charge in [-0.1, -0.05) is 23.4 Å². The van der Waals surface area contributed by atoms with Crippen LogP contribution in [0.25, 0.3) is 5.69 Å². The van der Waals surface area contributed by atoms with Gasteiger partial charge < -0.3 is 4.57 Å². The Morgan fingerprint density at radius 3 is 2.36 bits per heavy atom. The third-order valence-electron chi connectivity index (χ3n) is 4.70. The number of imidazole rings is 1. The van der Waals surface area contributed by atoms with Gasteiger partial charge in [0.15, 0.2) is 0 Å². The highest BCUT2D eigenvalue weighted by molar-refractivity contribution is 5.29. The number of para-hydroxylation sites is 1. The number of nitrogens with zero attached hydrogens (tertiary/aromatic N) is 7. The lowest BCUT2D eigenvalue weighted by molar-refractivity contribution is 0.118. The van der Waals surface area contributed by atoms with E-state index in [2.05, 4.69) is 36.7 Å². The third-order valence-corrected chi connectivity index (χ3v) is 4.70. The molecule has 1 fully saturated rings. The summed E-state index contributed by atoms with van der Waals surface area (Å²) < 4.78 is 3.93. The van der Waals surface area contributed by atoms with Gasteiger partial charge in [0.1, 0.15) is 5.82 Å². The molecule has 25 heavy (non-hydrogen) atoms. The first-order chi connectivity index (χ1) is 12.3. The van der Waals surface area contributed by atoms with E-state index >= 15 is 0 Å². The molecule has 2 aromatic heterocycles. The van der Waals surface area contributed by atoms with Crippen LogP contribution in [0.2, 0.25) is 0 Å². The lowest BCUT2D eigenvalue weighted by Crippen LogP contribution is -2.45. The smallest absolute Gasteiger partial charge is 0.122 e. The summed E-state index contributed by atoms with van der Waals surface area (Å²) in [5.74, 6) is 1.12. The van der Waals surface area contributed by atoms with Crippen LogP contribution in [0.5, 0.6) is 0 Å². The van der Waals surface area contributed by atoms with Crippen LogP contribution in [0, 0.1) is 0 Å². The molecule has 1 aromatic carbocycles. The molecule has 1 aliphatic heterocycles. The molecule has 0 radical (unpaired) electrons. The molecular formula is C18H23N7. The Hall–Kier alpha value is -2.51. The van der Waals surface area contributed by atoms with E-state index in [4.69, 9.17) is 0 Å². The Balaban J connectivity index is 1.30. The Labute approximate surface area is 147 Å². The van der Waals surface area contributed by atoms with E-state index in [0.717, 1.165) is 56.5 Å². The maximum atomic E-state index is 4.41. The van der Waals surface area contributed by atoms with Gasteiger partial charge in [-0.15, -0.1) is 5.10 Å². The lowest BCUT2D eigenvalue weighted by Gasteiger charge is -2.33. The molecule has 0 spiro atoms. The van der Waals surface area contributed by atoms with Crippen LogP contribution in [0.4, 0.5) is 0 Å². The molecule has 4 rings (SSSR count). The molecule has 0 aliphatic carbocycles. The number of aromatic nitrogens is 5. The number of piperazine rings is 1. The molecule has 130 valence electrons. The van der Waals surface area contributed by atoms with Crippen molar-refractivity contribution >= 4 is 0 Å². The van der Waals surface area contributed by atoms with Crippen molar-refractivity contribution in [1.82, 2.24) is 34.3 Å². The molecule has 0 amide bonds. The fraction of sp³-hybridized carbons (Fsp3) is 0.389. The topological polar surface area (TPSA) is 55.0 Å². The minimum Gasteiger partial charge on any atom is -0.337 e. The monoisotopic (exact) mass is 337 g/mol. The number of rotatable bonds is 5. The Kier molecular flexibility index (Phi) is 4.58. The average Bonchev–Trinajstić information content (AvgIpc) is 3.27. The summed E-state index contributed by atoms with van der Waals surface area (Å²) in [5.41, 5.74) is 2.06. The molecule has 0 N–H and O–H groups in total. The Morgan fingerprint density at radius 1 is 0.960 bits per heavy atom. The second-order valence-corrected chi connectivity index (χ2v) is 6.50. The Morgan fingerprint density at radius 2 is 1.68 bits per heavy atom. The van der Waals surface area contributed by atoms with Crippen molar-refractivity contribution < 1.29 is 0 Å². The zero-order chi connectivity index (χ0) is 17.1. The van der Waals surface area contributed by atoms with Crippen molar-refractivity contribution in [2.45, 2.75) is 13.1 Å². The summed E-state index contributed by atoms with van der Waals surface area (Å²) in [6, 6.07) is 10.1. The number of benzene rings is 1. The van der Waals surface area contributed by atoms with Gasteiger partial charge in [-0.05, 0) is 12.1 Å². The van der Waals surface area contributed by atoms with E-state index in [1.165, 1.54) is 0 Å². The van der Waals surface area contributed by atoms with E-state index in [1.807, 2.05) is 53.6 Å². The zero-order valence-corrected chi connectivity index (χ0v) is 14.5. The largest absolute Gasteiger partial charge is 0.337 e. The maximum Gasteiger partial charge on any atom is 0.122 e. The van der Waals surface area contributed by atoms with Crippen LogP contribution < -0.4 is 0 Å². The molecule has 0 unspecified atom stereocenters. The normalized spacial score (nSPS) is 16.4. The maximum absolute atomic E-state index is 4.41. The second kappa shape index (κ2) is 7.16. The van der Waals surface area contributed by atoms with Gasteiger partial charge in [0.2, 0.25) is 0 Å². The van der Waals surface area contributed by atoms with E-state index < -0.39 is 0 Å². The molecule has 7 nitrogen and oxygen atoms in total. The number of hydrogen-bond donors (Lipinski definition) is 0. The standard InChI is InChI=1S/C18H23N7/c1-22-8-7-19-18(22)15-24-11-9-23(10-12-24)13-16-14-25(21-20-16)17-5-3-2-4-6-17/h2-8,14H,9-13,15H2,1H3. The Bertz CT molecular complexity index is 800. The zero-order valence-electron chi connectivity index (χ0n) is 14.5. The quantitative estimate of drug-likeness (QED) is 0.703. The van der Waals surface area contributed by atoms with Crippen LogP contribution in [-0.4, -0.2) is 60.5 Å². The molecule has 3 heterocycles. The fourth-order valence-corrected chi connectivity index (χ4v) is 3.16. The van der Waals surface area contributed by atoms with Crippen molar-refractivity contribution in [2.75, 3.05) is 26.2 Å². The van der Waals surface area contributed by atoms with E-state index in [1.54, 1.807) is 0 Å². The van der Waals surface area contributed by atoms with Gasteiger partial charge in [0.05, 0.1) is 24.1 Å². The summed E-state index contributed by atoms with van der Waals surface area (Å²) in [4.78, 5) is 9.31. The summed E-state index contributed by atoms with van der Waals surface area (Å²) >= 11 is 0. The van der Waals surface area contributed by atoms with Crippen molar-refractivity contribution in [1.29, 1.82) is 0 Å². The molecule has 0 bridgehead atoms. The van der Waals surface area contributed by atoms with E-state index in [0.29, 0.717) is 0 Å². The molecular weight excluding hydrogens is 314 g/mol. The van der Waals surface area contributed by atoms with Gasteiger partial charge >= 0.3 is 0 Å². The number of aryl methyl sites for hydroxylation is 1. The summed E-state index contributed by atoms with van der Waals surface area (Å²) in [6.45, 7) is 5.97. The first-order valence-electron chi connectivity index (χ1n) is 8.65. The van der Waals surface area contributed by atoms with E-state index in [9.17, 15) is 0 Å². The van der Waals surface area contributed by atoms with Crippen LogP contribution in [0.3, 0.4) is 0 Å². The predicted octanol–water partition coefficient (Wildman–Crippen LogP) is 1.32. The summed E-state index contributed by atoms with van der Waals surface area (Å²) in [7, 11) is 2.05. The van der Waals surface area contributed by atoms with Crippen LogP contribution in [0.15, 0.2) is 48.9 Å². The minimum absolute atomic E-state index is 0.850. The van der Waals surface area contributed by atoms with Gasteiger partial charge in [0.25, 0.3) is 0 Å². The van der Waals surface area contributed by atoms with Gasteiger partial charge in [-0.3, -0.25) is 9.80 Å². The molecule has 0 saturated carbocycles. The molecule has 1 aliphatic rings. The predicted molar refractivity (Wildman–Crippen MR) is 95.1 cm³/mol. The molecule has 0 atom stereocenters. The first kappa shape index (κ1) is 16.0. The molecule has 3 aromatic rings. The fourth-order valence-electron chi connectivity index (χ4n) is 3.16. The SMILES string of the molecule is Cn1ccnc1CN1CCN(Cc2cn(-c3ccccc3)nn2)CC1. The van der Waals surface area contributed by atoms with Gasteiger partial charge in [0, 0.05) is 52.2 Å². The van der Waals surface area contributed by atoms with Crippen LogP contribution >= 0.6 is 0 Å². The number of hydrogen-bond acceptors (Lipinski definition) is 5. The molecule has 1 saturated heterocycles. The minimum atomic E-state index is 0.850. The van der Waals surface area contributed by atoms with Crippen molar-refractivity contribution in [3.05, 3.63) is 60.4 Å². The van der Waals surface area contributed by atoms with Gasteiger partial charge in [-0.25, -0.2) is 9.67 Å². The average molecular weight is 337 g/mol. The van der Waals surface area contributed by atoms with E-state index in [-0.39, 0.29) is 0 Å². The van der Waals surface area contributed by atoms with Crippen molar-refractivity contribution in [3.63, 3.8) is 0 Å². The van der Waals surface area contributed by atoms with Crippen molar-refractivity contribution in [2.24, 2.45) is 7.05 Å². The van der Waals surface area contributed by atoms with Crippen molar-refractivity contribution in [3.8, 4) is 5.69 Å². The highest BCUT2D eigenvalue weighted by Gasteiger charge is 2.19. The summed E-state index contributed by atoms with van der Waals surface area (Å²) in [5, 5.41) is 8.57. The van der Waals surface area contributed by atoms with Gasteiger partial charge in [-0.2, -0.15) is 0 Å².